The molecule has 1 aliphatic rings. The average Bonchev–Trinajstić information content (AvgIpc) is 2.31. The molecule has 0 aliphatic heterocycles. The zero-order valence-electron chi connectivity index (χ0n) is 11.6. The second-order valence-corrected chi connectivity index (χ2v) is 5.91. The molecule has 18 heavy (non-hydrogen) atoms. The van der Waals surface area contributed by atoms with Gasteiger partial charge >= 0.3 is 0 Å². The monoisotopic (exact) mass is 267 g/mol. The first-order valence-electron chi connectivity index (χ1n) is 6.76. The molecule has 3 unspecified atom stereocenters. The summed E-state index contributed by atoms with van der Waals surface area (Å²) in [5.41, 5.74) is 0.952. The molecule has 1 fully saturated rings. The maximum atomic E-state index is 6.11. The summed E-state index contributed by atoms with van der Waals surface area (Å²) in [4.78, 5) is 8.66. The molecule has 1 aromatic rings. The van der Waals surface area contributed by atoms with Crippen molar-refractivity contribution in [2.24, 2.45) is 11.8 Å². The molecule has 0 radical (unpaired) electrons. The molecule has 0 aromatic carbocycles. The fourth-order valence-electron chi connectivity index (χ4n) is 2.70. The van der Waals surface area contributed by atoms with Crippen molar-refractivity contribution in [3.8, 4) is 0 Å². The SMILES string of the molecule is Cc1nc(Cl)c(C)c(NC2CCCC(C)C2C)n1. The van der Waals surface area contributed by atoms with Crippen LogP contribution in [0.1, 0.15) is 44.5 Å². The Hall–Kier alpha value is -0.830. The topological polar surface area (TPSA) is 37.8 Å². The van der Waals surface area contributed by atoms with Gasteiger partial charge in [-0.2, -0.15) is 0 Å². The molecule has 0 amide bonds. The highest BCUT2D eigenvalue weighted by atomic mass is 35.5. The summed E-state index contributed by atoms with van der Waals surface area (Å²) < 4.78 is 0. The number of nitrogens with one attached hydrogen (secondary N) is 1. The van der Waals surface area contributed by atoms with E-state index in [4.69, 9.17) is 11.6 Å². The molecule has 0 saturated heterocycles. The Morgan fingerprint density at radius 3 is 2.61 bits per heavy atom. The van der Waals surface area contributed by atoms with Crippen molar-refractivity contribution in [2.75, 3.05) is 5.32 Å². The fraction of sp³-hybridized carbons (Fsp3) is 0.714. The molecule has 1 aliphatic carbocycles. The minimum atomic E-state index is 0.498. The fourth-order valence-corrected chi connectivity index (χ4v) is 2.91. The van der Waals surface area contributed by atoms with Crippen molar-refractivity contribution in [1.82, 2.24) is 9.97 Å². The van der Waals surface area contributed by atoms with Crippen molar-refractivity contribution in [1.29, 1.82) is 0 Å². The van der Waals surface area contributed by atoms with E-state index in [1.54, 1.807) is 0 Å². The lowest BCUT2D eigenvalue weighted by atomic mass is 9.78. The van der Waals surface area contributed by atoms with Crippen LogP contribution in [0.3, 0.4) is 0 Å². The van der Waals surface area contributed by atoms with Gasteiger partial charge in [-0.15, -0.1) is 0 Å². The van der Waals surface area contributed by atoms with E-state index >= 15 is 0 Å². The van der Waals surface area contributed by atoms with Crippen LogP contribution < -0.4 is 5.32 Å². The molecule has 1 N–H and O–H groups in total. The van der Waals surface area contributed by atoms with Crippen molar-refractivity contribution in [3.63, 3.8) is 0 Å². The molecule has 1 heterocycles. The predicted octanol–water partition coefficient (Wildman–Crippen LogP) is 3.98. The van der Waals surface area contributed by atoms with Crippen molar-refractivity contribution in [2.45, 2.75) is 53.0 Å². The van der Waals surface area contributed by atoms with Crippen LogP contribution in [0.4, 0.5) is 5.82 Å². The Labute approximate surface area is 114 Å². The van der Waals surface area contributed by atoms with Crippen molar-refractivity contribution >= 4 is 17.4 Å². The Bertz CT molecular complexity index is 433. The molecule has 3 atom stereocenters. The molecular weight excluding hydrogens is 246 g/mol. The molecule has 1 aromatic heterocycles. The second-order valence-electron chi connectivity index (χ2n) is 5.55. The number of hydrogen-bond donors (Lipinski definition) is 1. The van der Waals surface area contributed by atoms with E-state index in [0.717, 1.165) is 23.1 Å². The summed E-state index contributed by atoms with van der Waals surface area (Å²) in [6, 6.07) is 0.498. The molecule has 2 rings (SSSR count). The van der Waals surface area contributed by atoms with Crippen LogP contribution in [0.5, 0.6) is 0 Å². The quantitative estimate of drug-likeness (QED) is 0.824. The van der Waals surface area contributed by atoms with Crippen LogP contribution in [0, 0.1) is 25.7 Å². The largest absolute Gasteiger partial charge is 0.367 e. The van der Waals surface area contributed by atoms with E-state index < -0.39 is 0 Å². The van der Waals surface area contributed by atoms with Gasteiger partial charge in [0.05, 0.1) is 0 Å². The lowest BCUT2D eigenvalue weighted by Gasteiger charge is -2.35. The Morgan fingerprint density at radius 2 is 1.89 bits per heavy atom. The molecule has 0 bridgehead atoms. The van der Waals surface area contributed by atoms with Gasteiger partial charge in [-0.05, 0) is 32.1 Å². The summed E-state index contributed by atoms with van der Waals surface area (Å²) in [6.07, 6.45) is 3.84. The van der Waals surface area contributed by atoms with E-state index in [-0.39, 0.29) is 0 Å². The van der Waals surface area contributed by atoms with Crippen LogP contribution in [-0.4, -0.2) is 16.0 Å². The lowest BCUT2D eigenvalue weighted by molar-refractivity contribution is 0.253. The number of rotatable bonds is 2. The Balaban J connectivity index is 2.18. The van der Waals surface area contributed by atoms with Gasteiger partial charge in [0.2, 0.25) is 0 Å². The predicted molar refractivity (Wildman–Crippen MR) is 76.1 cm³/mol. The summed E-state index contributed by atoms with van der Waals surface area (Å²) >= 11 is 6.11. The third-order valence-corrected chi connectivity index (χ3v) is 4.60. The molecular formula is C14H22ClN3. The first-order chi connectivity index (χ1) is 8.49. The standard InChI is InChI=1S/C14H22ClN3/c1-8-6-5-7-12(9(8)2)18-14-10(3)13(15)16-11(4)17-14/h8-9,12H,5-7H2,1-4H3,(H,16,17,18). The van der Waals surface area contributed by atoms with Crippen molar-refractivity contribution in [3.05, 3.63) is 16.5 Å². The number of aryl methyl sites for hydroxylation is 1. The molecule has 0 spiro atoms. The second kappa shape index (κ2) is 5.43. The number of aromatic nitrogens is 2. The van der Waals surface area contributed by atoms with Gasteiger partial charge < -0.3 is 5.32 Å². The van der Waals surface area contributed by atoms with E-state index in [1.165, 1.54) is 19.3 Å². The summed E-state index contributed by atoms with van der Waals surface area (Å²) in [6.45, 7) is 8.51. The normalized spacial score (nSPS) is 28.2. The Kier molecular flexibility index (Phi) is 4.10. The highest BCUT2D eigenvalue weighted by Gasteiger charge is 2.27. The van der Waals surface area contributed by atoms with E-state index in [1.807, 2.05) is 13.8 Å². The first-order valence-corrected chi connectivity index (χ1v) is 7.14. The number of hydrogen-bond acceptors (Lipinski definition) is 3. The van der Waals surface area contributed by atoms with Crippen LogP contribution in [-0.2, 0) is 0 Å². The van der Waals surface area contributed by atoms with Crippen LogP contribution >= 0.6 is 11.6 Å². The Morgan fingerprint density at radius 1 is 1.17 bits per heavy atom. The number of nitrogens with zero attached hydrogens (tertiary/aromatic N) is 2. The van der Waals surface area contributed by atoms with Crippen LogP contribution in [0.25, 0.3) is 0 Å². The minimum absolute atomic E-state index is 0.498. The molecule has 3 nitrogen and oxygen atoms in total. The van der Waals surface area contributed by atoms with E-state index in [2.05, 4.69) is 29.1 Å². The van der Waals surface area contributed by atoms with Crippen LogP contribution in [0.2, 0.25) is 5.15 Å². The van der Waals surface area contributed by atoms with Crippen LogP contribution in [0.15, 0.2) is 0 Å². The zero-order chi connectivity index (χ0) is 13.3. The van der Waals surface area contributed by atoms with Gasteiger partial charge in [0.15, 0.2) is 0 Å². The third kappa shape index (κ3) is 2.77. The molecule has 100 valence electrons. The maximum absolute atomic E-state index is 6.11. The van der Waals surface area contributed by atoms with E-state index in [0.29, 0.717) is 17.1 Å². The average molecular weight is 268 g/mol. The summed E-state index contributed by atoms with van der Waals surface area (Å²) in [5.74, 6) is 3.07. The lowest BCUT2D eigenvalue weighted by Crippen LogP contribution is -2.35. The summed E-state index contributed by atoms with van der Waals surface area (Å²) in [5, 5.41) is 4.13. The van der Waals surface area contributed by atoms with Gasteiger partial charge in [-0.25, -0.2) is 9.97 Å². The highest BCUT2D eigenvalue weighted by molar-refractivity contribution is 6.30. The third-order valence-electron chi connectivity index (χ3n) is 4.23. The van der Waals surface area contributed by atoms with Gasteiger partial charge in [-0.1, -0.05) is 38.3 Å². The maximum Gasteiger partial charge on any atom is 0.137 e. The number of halogens is 1. The summed E-state index contributed by atoms with van der Waals surface area (Å²) in [7, 11) is 0. The zero-order valence-corrected chi connectivity index (χ0v) is 12.4. The molecule has 1 saturated carbocycles. The smallest absolute Gasteiger partial charge is 0.137 e. The first kappa shape index (κ1) is 13.6. The highest BCUT2D eigenvalue weighted by Crippen LogP contribution is 2.32. The number of anilines is 1. The van der Waals surface area contributed by atoms with E-state index in [9.17, 15) is 0 Å². The van der Waals surface area contributed by atoms with Gasteiger partial charge in [-0.3, -0.25) is 0 Å². The molecule has 4 heteroatoms. The van der Waals surface area contributed by atoms with Gasteiger partial charge in [0.25, 0.3) is 0 Å². The van der Waals surface area contributed by atoms with Crippen molar-refractivity contribution < 1.29 is 0 Å². The minimum Gasteiger partial charge on any atom is -0.367 e. The van der Waals surface area contributed by atoms with Gasteiger partial charge in [0, 0.05) is 11.6 Å². The van der Waals surface area contributed by atoms with Gasteiger partial charge in [0.1, 0.15) is 16.8 Å².